The number of hydrogen-bond donors (Lipinski definition) is 1. The minimum atomic E-state index is -0.961. The molecule has 4 nitrogen and oxygen atoms in total. The summed E-state index contributed by atoms with van der Waals surface area (Å²) in [4.78, 5) is 15.2. The van der Waals surface area contributed by atoms with Crippen molar-refractivity contribution in [3.63, 3.8) is 0 Å². The van der Waals surface area contributed by atoms with Crippen molar-refractivity contribution in [3.8, 4) is 5.75 Å². The molecule has 1 N–H and O–H groups in total. The number of carboxylic acids is 1. The molecule has 0 saturated carbocycles. The highest BCUT2D eigenvalue weighted by Crippen LogP contribution is 2.24. The molecular weight excluding hydrogens is 250 g/mol. The molecule has 2 rings (SSSR count). The molecule has 5 heteroatoms. The lowest BCUT2D eigenvalue weighted by atomic mass is 10.1. The largest absolute Gasteiger partial charge is 0.487 e. The van der Waals surface area contributed by atoms with E-state index in [0.29, 0.717) is 5.69 Å². The number of para-hydroxylation sites is 1. The van der Waals surface area contributed by atoms with E-state index in [4.69, 9.17) is 9.84 Å². The van der Waals surface area contributed by atoms with Crippen LogP contribution in [0.4, 0.5) is 0 Å². The zero-order valence-corrected chi connectivity index (χ0v) is 11.0. The highest BCUT2D eigenvalue weighted by molar-refractivity contribution is 7.11. The number of aryl methyl sites for hydroxylation is 2. The molecule has 94 valence electrons. The first-order valence-electron chi connectivity index (χ1n) is 5.44. The third-order valence-corrected chi connectivity index (χ3v) is 3.45. The average Bonchev–Trinajstić information content (AvgIpc) is 2.76. The minimum Gasteiger partial charge on any atom is -0.487 e. The smallest absolute Gasteiger partial charge is 0.347 e. The fraction of sp³-hybridized carbons (Fsp3) is 0.231. The van der Waals surface area contributed by atoms with Crippen LogP contribution in [0.5, 0.6) is 5.75 Å². The number of aromatic nitrogens is 1. The number of ether oxygens (including phenoxy) is 1. The summed E-state index contributed by atoms with van der Waals surface area (Å²) in [6, 6.07) is 5.88. The molecule has 0 amide bonds. The maximum absolute atomic E-state index is 10.9. The summed E-state index contributed by atoms with van der Waals surface area (Å²) >= 11 is 1.11. The molecule has 1 aromatic carbocycles. The van der Waals surface area contributed by atoms with Gasteiger partial charge in [-0.1, -0.05) is 18.2 Å². The molecule has 2 aromatic rings. The second-order valence-corrected chi connectivity index (χ2v) is 4.80. The van der Waals surface area contributed by atoms with Gasteiger partial charge < -0.3 is 9.84 Å². The number of hydrogen-bond acceptors (Lipinski definition) is 4. The summed E-state index contributed by atoms with van der Waals surface area (Å²) in [6.45, 7) is 4.10. The maximum Gasteiger partial charge on any atom is 0.347 e. The topological polar surface area (TPSA) is 59.4 Å². The van der Waals surface area contributed by atoms with Crippen molar-refractivity contribution in [1.82, 2.24) is 4.98 Å². The zero-order valence-electron chi connectivity index (χ0n) is 10.1. The summed E-state index contributed by atoms with van der Waals surface area (Å²) in [6.07, 6.45) is 0. The summed E-state index contributed by atoms with van der Waals surface area (Å²) in [5.41, 5.74) is 4.05. The number of rotatable bonds is 4. The first-order chi connectivity index (χ1) is 8.59. The van der Waals surface area contributed by atoms with Gasteiger partial charge in [-0.25, -0.2) is 9.78 Å². The van der Waals surface area contributed by atoms with E-state index in [-0.39, 0.29) is 11.5 Å². The van der Waals surface area contributed by atoms with Crippen molar-refractivity contribution < 1.29 is 14.6 Å². The van der Waals surface area contributed by atoms with Crippen LogP contribution in [0.2, 0.25) is 0 Å². The van der Waals surface area contributed by atoms with Gasteiger partial charge in [-0.2, -0.15) is 0 Å². The van der Waals surface area contributed by atoms with Crippen molar-refractivity contribution in [2.45, 2.75) is 20.5 Å². The second-order valence-electron chi connectivity index (χ2n) is 3.94. The van der Waals surface area contributed by atoms with Crippen LogP contribution >= 0.6 is 11.3 Å². The summed E-state index contributed by atoms with van der Waals surface area (Å²) < 4.78 is 5.68. The summed E-state index contributed by atoms with van der Waals surface area (Å²) in [7, 11) is 0. The van der Waals surface area contributed by atoms with Crippen LogP contribution < -0.4 is 4.74 Å². The fourth-order valence-electron chi connectivity index (χ4n) is 1.71. The van der Waals surface area contributed by atoms with E-state index in [1.165, 1.54) is 5.51 Å². The number of benzene rings is 1. The first kappa shape index (κ1) is 12.6. The molecule has 0 fully saturated rings. The predicted molar refractivity (Wildman–Crippen MR) is 69.3 cm³/mol. The van der Waals surface area contributed by atoms with Crippen LogP contribution in [0.3, 0.4) is 0 Å². The quantitative estimate of drug-likeness (QED) is 0.921. The molecule has 0 aliphatic rings. The van der Waals surface area contributed by atoms with E-state index in [0.717, 1.165) is 28.2 Å². The minimum absolute atomic E-state index is 0.177. The lowest BCUT2D eigenvalue weighted by Crippen LogP contribution is -2.04. The van der Waals surface area contributed by atoms with Crippen molar-refractivity contribution in [2.75, 3.05) is 0 Å². The van der Waals surface area contributed by atoms with Crippen molar-refractivity contribution >= 4 is 17.3 Å². The van der Waals surface area contributed by atoms with Crippen LogP contribution in [0.15, 0.2) is 23.7 Å². The van der Waals surface area contributed by atoms with Gasteiger partial charge in [0.25, 0.3) is 0 Å². The van der Waals surface area contributed by atoms with Crippen LogP contribution in [0, 0.1) is 13.8 Å². The first-order valence-corrected chi connectivity index (χ1v) is 6.32. The Kier molecular flexibility index (Phi) is 3.62. The van der Waals surface area contributed by atoms with Crippen LogP contribution in [0.25, 0.3) is 0 Å². The third-order valence-electron chi connectivity index (χ3n) is 2.60. The molecule has 0 bridgehead atoms. The fourth-order valence-corrected chi connectivity index (χ4v) is 2.35. The highest BCUT2D eigenvalue weighted by atomic mass is 32.1. The van der Waals surface area contributed by atoms with Gasteiger partial charge in [0.15, 0.2) is 0 Å². The van der Waals surface area contributed by atoms with Gasteiger partial charge >= 0.3 is 5.97 Å². The lowest BCUT2D eigenvalue weighted by Gasteiger charge is -2.11. The van der Waals surface area contributed by atoms with Crippen LogP contribution in [-0.2, 0) is 6.61 Å². The summed E-state index contributed by atoms with van der Waals surface area (Å²) in [5, 5.41) is 8.98. The van der Waals surface area contributed by atoms with Crippen molar-refractivity contribution in [1.29, 1.82) is 0 Å². The number of carboxylic acid groups (broad SMARTS) is 1. The van der Waals surface area contributed by atoms with Crippen molar-refractivity contribution in [3.05, 3.63) is 45.4 Å². The predicted octanol–water partition coefficient (Wildman–Crippen LogP) is 3.04. The van der Waals surface area contributed by atoms with Crippen LogP contribution in [0.1, 0.15) is 26.5 Å². The van der Waals surface area contributed by atoms with Gasteiger partial charge in [-0.15, -0.1) is 11.3 Å². The SMILES string of the molecule is Cc1cccc(C)c1OCc1ncsc1C(=O)O. The summed E-state index contributed by atoms with van der Waals surface area (Å²) in [5.74, 6) is -0.167. The van der Waals surface area contributed by atoms with E-state index < -0.39 is 5.97 Å². The molecule has 0 atom stereocenters. The number of thiazole rings is 1. The molecule has 0 saturated heterocycles. The molecular formula is C13H13NO3S. The Labute approximate surface area is 109 Å². The van der Waals surface area contributed by atoms with Gasteiger partial charge in [-0.05, 0) is 25.0 Å². The standard InChI is InChI=1S/C13H13NO3S/c1-8-4-3-5-9(2)11(8)17-6-10-12(13(15)16)18-7-14-10/h3-5,7H,6H2,1-2H3,(H,15,16). The van der Waals surface area contributed by atoms with Gasteiger partial charge in [0.1, 0.15) is 22.9 Å². The lowest BCUT2D eigenvalue weighted by molar-refractivity contribution is 0.0699. The van der Waals surface area contributed by atoms with Gasteiger partial charge in [-0.3, -0.25) is 0 Å². The highest BCUT2D eigenvalue weighted by Gasteiger charge is 2.14. The number of aromatic carboxylic acids is 1. The monoisotopic (exact) mass is 263 g/mol. The Morgan fingerprint density at radius 3 is 2.67 bits per heavy atom. The van der Waals surface area contributed by atoms with E-state index in [2.05, 4.69) is 4.98 Å². The van der Waals surface area contributed by atoms with Gasteiger partial charge in [0, 0.05) is 0 Å². The number of nitrogens with zero attached hydrogens (tertiary/aromatic N) is 1. The normalized spacial score (nSPS) is 10.3. The van der Waals surface area contributed by atoms with E-state index in [9.17, 15) is 4.79 Å². The number of carbonyl (C=O) groups is 1. The molecule has 0 aliphatic heterocycles. The molecule has 1 aromatic heterocycles. The Balaban J connectivity index is 2.17. The average molecular weight is 263 g/mol. The molecule has 0 aliphatic carbocycles. The molecule has 0 spiro atoms. The second kappa shape index (κ2) is 5.18. The van der Waals surface area contributed by atoms with Gasteiger partial charge in [0.2, 0.25) is 0 Å². The zero-order chi connectivity index (χ0) is 13.1. The Morgan fingerprint density at radius 1 is 1.39 bits per heavy atom. The van der Waals surface area contributed by atoms with E-state index in [1.807, 2.05) is 32.0 Å². The molecule has 1 heterocycles. The molecule has 0 radical (unpaired) electrons. The van der Waals surface area contributed by atoms with Crippen molar-refractivity contribution in [2.24, 2.45) is 0 Å². The van der Waals surface area contributed by atoms with E-state index >= 15 is 0 Å². The van der Waals surface area contributed by atoms with Crippen LogP contribution in [-0.4, -0.2) is 16.1 Å². The maximum atomic E-state index is 10.9. The Bertz CT molecular complexity index is 557. The molecule has 0 unspecified atom stereocenters. The third kappa shape index (κ3) is 2.51. The molecule has 18 heavy (non-hydrogen) atoms. The Hall–Kier alpha value is -1.88. The Morgan fingerprint density at radius 2 is 2.06 bits per heavy atom. The van der Waals surface area contributed by atoms with Gasteiger partial charge in [0.05, 0.1) is 5.51 Å². The van der Waals surface area contributed by atoms with E-state index in [1.54, 1.807) is 0 Å².